The Labute approximate surface area is 157 Å². The summed E-state index contributed by atoms with van der Waals surface area (Å²) in [5, 5.41) is 14.7. The quantitative estimate of drug-likeness (QED) is 0.448. The number of carbonyl (C=O) groups is 4. The summed E-state index contributed by atoms with van der Waals surface area (Å²) in [6.45, 7) is 3.76. The average molecular weight is 375 g/mol. The molecule has 1 heterocycles. The molecule has 0 unspecified atom stereocenters. The fourth-order valence-corrected chi connectivity index (χ4v) is 3.07. The van der Waals surface area contributed by atoms with Crippen LogP contribution in [0.1, 0.15) is 43.5 Å². The summed E-state index contributed by atoms with van der Waals surface area (Å²) in [7, 11) is 0. The number of benzene rings is 1. The van der Waals surface area contributed by atoms with Crippen molar-refractivity contribution in [3.8, 4) is 0 Å². The Hall–Kier alpha value is -2.90. The third-order valence-corrected chi connectivity index (χ3v) is 4.46. The standard InChI is InChI=1S/C19H25N3O5/c1-12(2)15(18(25)26)22-17(24)14(21-19(22)27)10-6-7-11-20-16(23)13-8-4-3-5-9-13/h3-5,8-9,12,14-15H,6-7,10-11H2,1-2H3,(H,20,23)(H,21,27)(H,25,26)/t14-,15+/m0/s1. The van der Waals surface area contributed by atoms with E-state index in [4.69, 9.17) is 0 Å². The first kappa shape index (κ1) is 20.4. The number of nitrogens with one attached hydrogen (secondary N) is 2. The highest BCUT2D eigenvalue weighted by atomic mass is 16.4. The first-order valence-electron chi connectivity index (χ1n) is 9.02. The van der Waals surface area contributed by atoms with Gasteiger partial charge in [0.1, 0.15) is 12.1 Å². The number of hydrogen-bond donors (Lipinski definition) is 3. The van der Waals surface area contributed by atoms with Gasteiger partial charge in [-0.15, -0.1) is 0 Å². The molecule has 1 aliphatic heterocycles. The van der Waals surface area contributed by atoms with E-state index in [1.807, 2.05) is 6.07 Å². The molecule has 2 atom stereocenters. The minimum atomic E-state index is -1.20. The molecule has 8 nitrogen and oxygen atoms in total. The van der Waals surface area contributed by atoms with Gasteiger partial charge in [-0.25, -0.2) is 14.5 Å². The van der Waals surface area contributed by atoms with Gasteiger partial charge >= 0.3 is 12.0 Å². The van der Waals surface area contributed by atoms with Crippen LogP contribution in [0.5, 0.6) is 0 Å². The van der Waals surface area contributed by atoms with E-state index in [-0.39, 0.29) is 11.8 Å². The lowest BCUT2D eigenvalue weighted by molar-refractivity contribution is -0.148. The molecule has 1 aromatic rings. The van der Waals surface area contributed by atoms with E-state index in [0.29, 0.717) is 31.4 Å². The van der Waals surface area contributed by atoms with Gasteiger partial charge in [0.25, 0.3) is 11.8 Å². The zero-order chi connectivity index (χ0) is 20.0. The number of carbonyl (C=O) groups excluding carboxylic acids is 3. The molecule has 0 aliphatic carbocycles. The van der Waals surface area contributed by atoms with E-state index in [1.54, 1.807) is 38.1 Å². The number of rotatable bonds is 9. The van der Waals surface area contributed by atoms with Gasteiger partial charge in [-0.05, 0) is 37.3 Å². The third-order valence-electron chi connectivity index (χ3n) is 4.46. The Morgan fingerprint density at radius 2 is 1.85 bits per heavy atom. The van der Waals surface area contributed by atoms with Crippen LogP contribution in [0, 0.1) is 5.92 Å². The van der Waals surface area contributed by atoms with Gasteiger partial charge in [0.05, 0.1) is 0 Å². The van der Waals surface area contributed by atoms with Crippen LogP contribution in [0.4, 0.5) is 4.79 Å². The van der Waals surface area contributed by atoms with E-state index < -0.39 is 30.0 Å². The molecule has 2 rings (SSSR count). The number of carboxylic acid groups (broad SMARTS) is 1. The molecule has 8 heteroatoms. The second-order valence-electron chi connectivity index (χ2n) is 6.86. The number of unbranched alkanes of at least 4 members (excludes halogenated alkanes) is 1. The van der Waals surface area contributed by atoms with Gasteiger partial charge in [-0.3, -0.25) is 9.59 Å². The SMILES string of the molecule is CC(C)[C@H](C(=O)O)N1C(=O)N[C@@H](CCCCNC(=O)c2ccccc2)C1=O. The zero-order valence-corrected chi connectivity index (χ0v) is 15.5. The molecule has 0 aromatic heterocycles. The molecular weight excluding hydrogens is 350 g/mol. The summed E-state index contributed by atoms with van der Waals surface area (Å²) in [6, 6.07) is 6.31. The van der Waals surface area contributed by atoms with Crippen molar-refractivity contribution >= 4 is 23.8 Å². The predicted octanol–water partition coefficient (Wildman–Crippen LogP) is 1.62. The minimum absolute atomic E-state index is 0.159. The van der Waals surface area contributed by atoms with Crippen molar-refractivity contribution < 1.29 is 24.3 Å². The second kappa shape index (κ2) is 9.16. The first-order valence-corrected chi connectivity index (χ1v) is 9.02. The highest BCUT2D eigenvalue weighted by molar-refractivity contribution is 6.06. The van der Waals surface area contributed by atoms with E-state index in [0.717, 1.165) is 4.90 Å². The molecule has 27 heavy (non-hydrogen) atoms. The third kappa shape index (κ3) is 5.06. The Kier molecular flexibility index (Phi) is 6.92. The van der Waals surface area contributed by atoms with Crippen LogP contribution < -0.4 is 10.6 Å². The summed E-state index contributed by atoms with van der Waals surface area (Å²) in [5.74, 6) is -2.25. The van der Waals surface area contributed by atoms with E-state index in [1.165, 1.54) is 0 Å². The molecular formula is C19H25N3O5. The summed E-state index contributed by atoms with van der Waals surface area (Å²) in [6.07, 6.45) is 1.65. The Bertz CT molecular complexity index is 705. The molecule has 1 fully saturated rings. The fraction of sp³-hybridized carbons (Fsp3) is 0.474. The topological polar surface area (TPSA) is 116 Å². The van der Waals surface area contributed by atoms with Crippen LogP contribution in [0.25, 0.3) is 0 Å². The maximum Gasteiger partial charge on any atom is 0.327 e. The molecule has 3 N–H and O–H groups in total. The maximum atomic E-state index is 12.4. The predicted molar refractivity (Wildman–Crippen MR) is 98.1 cm³/mol. The van der Waals surface area contributed by atoms with Gasteiger partial charge < -0.3 is 15.7 Å². The summed E-state index contributed by atoms with van der Waals surface area (Å²) in [5.41, 5.74) is 0.583. The highest BCUT2D eigenvalue weighted by Gasteiger charge is 2.45. The zero-order valence-electron chi connectivity index (χ0n) is 15.5. The molecule has 0 bridgehead atoms. The van der Waals surface area contributed by atoms with E-state index >= 15 is 0 Å². The van der Waals surface area contributed by atoms with Crippen molar-refractivity contribution in [1.29, 1.82) is 0 Å². The lowest BCUT2D eigenvalue weighted by Crippen LogP contribution is -2.48. The number of aliphatic carboxylic acids is 1. The molecule has 1 aliphatic rings. The number of nitrogens with zero attached hydrogens (tertiary/aromatic N) is 1. The van der Waals surface area contributed by atoms with Crippen molar-refractivity contribution in [3.63, 3.8) is 0 Å². The largest absolute Gasteiger partial charge is 0.480 e. The summed E-state index contributed by atoms with van der Waals surface area (Å²) >= 11 is 0. The van der Waals surface area contributed by atoms with Gasteiger partial charge in [-0.1, -0.05) is 32.0 Å². The Morgan fingerprint density at radius 1 is 1.19 bits per heavy atom. The summed E-state index contributed by atoms with van der Waals surface area (Å²) < 4.78 is 0. The van der Waals surface area contributed by atoms with Gasteiger partial charge in [0, 0.05) is 12.1 Å². The average Bonchev–Trinajstić information content (AvgIpc) is 2.89. The van der Waals surface area contributed by atoms with E-state index in [9.17, 15) is 24.3 Å². The van der Waals surface area contributed by atoms with Gasteiger partial charge in [-0.2, -0.15) is 0 Å². The van der Waals surface area contributed by atoms with Crippen molar-refractivity contribution in [2.75, 3.05) is 6.54 Å². The second-order valence-corrected chi connectivity index (χ2v) is 6.86. The van der Waals surface area contributed by atoms with Crippen LogP contribution in [-0.2, 0) is 9.59 Å². The molecule has 4 amide bonds. The van der Waals surface area contributed by atoms with Crippen molar-refractivity contribution in [2.24, 2.45) is 5.92 Å². The van der Waals surface area contributed by atoms with Gasteiger partial charge in [0.15, 0.2) is 0 Å². The lowest BCUT2D eigenvalue weighted by Gasteiger charge is -2.24. The van der Waals surface area contributed by atoms with Crippen LogP contribution in [0.15, 0.2) is 30.3 Å². The summed E-state index contributed by atoms with van der Waals surface area (Å²) in [4.78, 5) is 48.6. The molecule has 0 spiro atoms. The molecule has 1 saturated heterocycles. The highest BCUT2D eigenvalue weighted by Crippen LogP contribution is 2.20. The molecule has 0 radical (unpaired) electrons. The van der Waals surface area contributed by atoms with E-state index in [2.05, 4.69) is 10.6 Å². The van der Waals surface area contributed by atoms with Crippen LogP contribution in [0.2, 0.25) is 0 Å². The maximum absolute atomic E-state index is 12.4. The lowest BCUT2D eigenvalue weighted by atomic mass is 10.0. The van der Waals surface area contributed by atoms with Crippen molar-refractivity contribution in [2.45, 2.75) is 45.2 Å². The fourth-order valence-electron chi connectivity index (χ4n) is 3.07. The van der Waals surface area contributed by atoms with Crippen molar-refractivity contribution in [1.82, 2.24) is 15.5 Å². The molecule has 1 aromatic carbocycles. The minimum Gasteiger partial charge on any atom is -0.480 e. The van der Waals surface area contributed by atoms with Gasteiger partial charge in [0.2, 0.25) is 0 Å². The number of imide groups is 1. The van der Waals surface area contributed by atoms with Crippen LogP contribution in [-0.4, -0.2) is 52.4 Å². The van der Waals surface area contributed by atoms with Crippen LogP contribution >= 0.6 is 0 Å². The number of carboxylic acids is 1. The molecule has 0 saturated carbocycles. The number of hydrogen-bond acceptors (Lipinski definition) is 4. The normalized spacial score (nSPS) is 17.7. The van der Waals surface area contributed by atoms with Crippen LogP contribution in [0.3, 0.4) is 0 Å². The Morgan fingerprint density at radius 3 is 2.44 bits per heavy atom. The Balaban J connectivity index is 1.78. The van der Waals surface area contributed by atoms with Crippen molar-refractivity contribution in [3.05, 3.63) is 35.9 Å². The smallest absolute Gasteiger partial charge is 0.327 e. The molecule has 146 valence electrons. The number of urea groups is 1. The number of amides is 4. The first-order chi connectivity index (χ1) is 12.8. The monoisotopic (exact) mass is 375 g/mol.